The first kappa shape index (κ1) is 16.5. The Balaban J connectivity index is 1.87. The molecule has 0 aliphatic carbocycles. The van der Waals surface area contributed by atoms with Crippen molar-refractivity contribution in [1.82, 2.24) is 10.2 Å². The maximum atomic E-state index is 12.0. The summed E-state index contributed by atoms with van der Waals surface area (Å²) in [6.07, 6.45) is 3.61. The van der Waals surface area contributed by atoms with Crippen molar-refractivity contribution in [2.45, 2.75) is 44.0 Å². The molecule has 2 heterocycles. The number of aliphatic imine (C=N–C) groups is 1. The Morgan fingerprint density at radius 2 is 2.24 bits per heavy atom. The highest BCUT2D eigenvalue weighted by Crippen LogP contribution is 2.23. The average Bonchev–Trinajstić information content (AvgIpc) is 2.91. The molecule has 2 aliphatic heterocycles. The number of nitrogens with zero attached hydrogens (tertiary/aromatic N) is 2. The average molecular weight is 317 g/mol. The van der Waals surface area contributed by atoms with Crippen molar-refractivity contribution in [2.24, 2.45) is 4.99 Å². The van der Waals surface area contributed by atoms with Gasteiger partial charge < -0.3 is 15.0 Å². The summed E-state index contributed by atoms with van der Waals surface area (Å²) < 4.78 is 29.0. The normalized spacial score (nSPS) is 28.6. The lowest BCUT2D eigenvalue weighted by Crippen LogP contribution is -2.57. The van der Waals surface area contributed by atoms with Gasteiger partial charge in [-0.05, 0) is 33.1 Å². The summed E-state index contributed by atoms with van der Waals surface area (Å²) in [5.74, 6) is 0.975. The molecule has 0 aromatic carbocycles. The van der Waals surface area contributed by atoms with Crippen molar-refractivity contribution in [2.75, 3.05) is 39.0 Å². The lowest BCUT2D eigenvalue weighted by molar-refractivity contribution is 0.105. The second kappa shape index (κ2) is 6.52. The minimum absolute atomic E-state index is 0.187. The van der Waals surface area contributed by atoms with Crippen LogP contribution in [0.1, 0.15) is 33.1 Å². The molecule has 2 aliphatic rings. The van der Waals surface area contributed by atoms with Crippen LogP contribution in [0.4, 0.5) is 0 Å². The number of hydrogen-bond acceptors (Lipinski definition) is 4. The fourth-order valence-electron chi connectivity index (χ4n) is 2.87. The highest BCUT2D eigenvalue weighted by molar-refractivity contribution is 7.92. The van der Waals surface area contributed by atoms with E-state index in [0.717, 1.165) is 38.4 Å². The molecule has 0 aromatic heterocycles. The van der Waals surface area contributed by atoms with Crippen molar-refractivity contribution < 1.29 is 13.2 Å². The van der Waals surface area contributed by atoms with Crippen molar-refractivity contribution in [1.29, 1.82) is 0 Å². The summed E-state index contributed by atoms with van der Waals surface area (Å²) in [6, 6.07) is 0. The molecule has 0 amide bonds. The standard InChI is InChI=1S/C14H27N3O3S/c1-14(2)11-17(8-10-21(14,18)19)13(15-3)16-7-6-12-5-4-9-20-12/h12H,4-11H2,1-3H3,(H,15,16). The predicted molar refractivity (Wildman–Crippen MR) is 84.4 cm³/mol. The monoisotopic (exact) mass is 317 g/mol. The molecular weight excluding hydrogens is 290 g/mol. The number of sulfone groups is 1. The second-order valence-electron chi connectivity index (χ2n) is 6.40. The first-order valence-electron chi connectivity index (χ1n) is 7.65. The van der Waals surface area contributed by atoms with Gasteiger partial charge in [0.1, 0.15) is 0 Å². The van der Waals surface area contributed by atoms with E-state index in [1.54, 1.807) is 20.9 Å². The highest BCUT2D eigenvalue weighted by atomic mass is 32.2. The van der Waals surface area contributed by atoms with Gasteiger partial charge in [-0.2, -0.15) is 0 Å². The molecule has 0 spiro atoms. The molecule has 7 heteroatoms. The lowest BCUT2D eigenvalue weighted by Gasteiger charge is -2.39. The van der Waals surface area contributed by atoms with Gasteiger partial charge in [0.25, 0.3) is 0 Å². The van der Waals surface area contributed by atoms with Gasteiger partial charge in [-0.1, -0.05) is 0 Å². The fourth-order valence-corrected chi connectivity index (χ4v) is 4.24. The van der Waals surface area contributed by atoms with E-state index in [9.17, 15) is 8.42 Å². The van der Waals surface area contributed by atoms with Gasteiger partial charge in [0.15, 0.2) is 15.8 Å². The zero-order valence-electron chi connectivity index (χ0n) is 13.3. The van der Waals surface area contributed by atoms with Gasteiger partial charge in [0.05, 0.1) is 16.6 Å². The predicted octanol–water partition coefficient (Wildman–Crippen LogP) is 0.640. The van der Waals surface area contributed by atoms with Crippen LogP contribution in [0.15, 0.2) is 4.99 Å². The van der Waals surface area contributed by atoms with E-state index in [1.807, 2.05) is 4.90 Å². The Morgan fingerprint density at radius 3 is 2.81 bits per heavy atom. The van der Waals surface area contributed by atoms with Crippen LogP contribution in [0.5, 0.6) is 0 Å². The van der Waals surface area contributed by atoms with Crippen molar-refractivity contribution >= 4 is 15.8 Å². The maximum Gasteiger partial charge on any atom is 0.193 e. The van der Waals surface area contributed by atoms with Crippen LogP contribution in [0.25, 0.3) is 0 Å². The summed E-state index contributed by atoms with van der Waals surface area (Å²) in [4.78, 5) is 6.32. The van der Waals surface area contributed by atoms with E-state index in [2.05, 4.69) is 10.3 Å². The van der Waals surface area contributed by atoms with Gasteiger partial charge in [-0.25, -0.2) is 8.42 Å². The molecule has 2 saturated heterocycles. The van der Waals surface area contributed by atoms with Crippen LogP contribution in [0, 0.1) is 0 Å². The summed E-state index contributed by atoms with van der Waals surface area (Å²) in [7, 11) is -1.27. The van der Waals surface area contributed by atoms with E-state index in [4.69, 9.17) is 4.74 Å². The molecule has 0 bridgehead atoms. The number of hydrogen-bond donors (Lipinski definition) is 1. The van der Waals surface area contributed by atoms with Crippen LogP contribution in [-0.4, -0.2) is 69.2 Å². The largest absolute Gasteiger partial charge is 0.378 e. The maximum absolute atomic E-state index is 12.0. The third-order valence-corrected chi connectivity index (χ3v) is 6.86. The quantitative estimate of drug-likeness (QED) is 0.611. The SMILES string of the molecule is CN=C(NCCC1CCCO1)N1CCS(=O)(=O)C(C)(C)C1. The van der Waals surface area contributed by atoms with Crippen LogP contribution < -0.4 is 5.32 Å². The second-order valence-corrected chi connectivity index (χ2v) is 9.14. The Hall–Kier alpha value is -0.820. The van der Waals surface area contributed by atoms with Crippen LogP contribution in [-0.2, 0) is 14.6 Å². The van der Waals surface area contributed by atoms with E-state index < -0.39 is 14.6 Å². The first-order valence-corrected chi connectivity index (χ1v) is 9.30. The van der Waals surface area contributed by atoms with E-state index in [1.165, 1.54) is 0 Å². The van der Waals surface area contributed by atoms with Crippen LogP contribution in [0.3, 0.4) is 0 Å². The summed E-state index contributed by atoms with van der Waals surface area (Å²) in [6.45, 7) is 6.24. The molecule has 2 fully saturated rings. The van der Waals surface area contributed by atoms with E-state index in [-0.39, 0.29) is 5.75 Å². The molecule has 1 atom stereocenters. The minimum Gasteiger partial charge on any atom is -0.378 e. The number of rotatable bonds is 3. The third-order valence-electron chi connectivity index (χ3n) is 4.33. The molecule has 21 heavy (non-hydrogen) atoms. The molecule has 6 nitrogen and oxygen atoms in total. The van der Waals surface area contributed by atoms with Gasteiger partial charge in [-0.3, -0.25) is 4.99 Å². The summed E-state index contributed by atoms with van der Waals surface area (Å²) >= 11 is 0. The van der Waals surface area contributed by atoms with Crippen molar-refractivity contribution in [3.63, 3.8) is 0 Å². The molecule has 1 N–H and O–H groups in total. The van der Waals surface area contributed by atoms with Gasteiger partial charge >= 0.3 is 0 Å². The molecule has 122 valence electrons. The molecule has 0 saturated carbocycles. The van der Waals surface area contributed by atoms with Gasteiger partial charge in [-0.15, -0.1) is 0 Å². The highest BCUT2D eigenvalue weighted by Gasteiger charge is 2.40. The van der Waals surface area contributed by atoms with Crippen LogP contribution >= 0.6 is 0 Å². The number of nitrogens with one attached hydrogen (secondary N) is 1. The lowest BCUT2D eigenvalue weighted by atomic mass is 10.2. The summed E-state index contributed by atoms with van der Waals surface area (Å²) in [5, 5.41) is 3.33. The van der Waals surface area contributed by atoms with E-state index >= 15 is 0 Å². The topological polar surface area (TPSA) is 71.0 Å². The smallest absolute Gasteiger partial charge is 0.193 e. The Bertz CT molecular complexity index is 482. The molecule has 0 aromatic rings. The molecular formula is C14H27N3O3S. The Labute approximate surface area is 127 Å². The fraction of sp³-hybridized carbons (Fsp3) is 0.929. The first-order chi connectivity index (χ1) is 9.86. The molecule has 2 rings (SSSR count). The zero-order valence-corrected chi connectivity index (χ0v) is 14.1. The zero-order chi connectivity index (χ0) is 15.5. The Morgan fingerprint density at radius 1 is 1.48 bits per heavy atom. The van der Waals surface area contributed by atoms with Crippen molar-refractivity contribution in [3.05, 3.63) is 0 Å². The van der Waals surface area contributed by atoms with Crippen molar-refractivity contribution in [3.8, 4) is 0 Å². The number of ether oxygens (including phenoxy) is 1. The molecule has 0 radical (unpaired) electrons. The minimum atomic E-state index is -3.01. The van der Waals surface area contributed by atoms with Crippen LogP contribution in [0.2, 0.25) is 0 Å². The summed E-state index contributed by atoms with van der Waals surface area (Å²) in [5.41, 5.74) is 0. The third kappa shape index (κ3) is 3.88. The molecule has 1 unspecified atom stereocenters. The number of guanidine groups is 1. The van der Waals surface area contributed by atoms with Gasteiger partial charge in [0.2, 0.25) is 0 Å². The van der Waals surface area contributed by atoms with E-state index in [0.29, 0.717) is 19.2 Å². The van der Waals surface area contributed by atoms with Gasteiger partial charge in [0, 0.05) is 33.3 Å². The Kier molecular flexibility index (Phi) is 5.14.